The molecule has 0 aliphatic heterocycles. The number of rotatable bonds is 6. The number of hydrogen-bond donors (Lipinski definition) is 1. The molecule has 0 aliphatic rings. The van der Waals surface area contributed by atoms with Crippen molar-refractivity contribution in [3.8, 4) is 5.75 Å². The van der Waals surface area contributed by atoms with Gasteiger partial charge in [0.05, 0.1) is 19.4 Å². The molecule has 0 aromatic heterocycles. The Labute approximate surface area is 89.7 Å². The molecular weight excluding hydrogens is 195 g/mol. The number of halogens is 1. The van der Waals surface area contributed by atoms with Crippen molar-refractivity contribution in [2.75, 3.05) is 13.3 Å². The van der Waals surface area contributed by atoms with E-state index >= 15 is 0 Å². The highest BCUT2D eigenvalue weighted by Crippen LogP contribution is 2.13. The summed E-state index contributed by atoms with van der Waals surface area (Å²) < 4.78 is 17.1. The van der Waals surface area contributed by atoms with E-state index < -0.39 is 0 Å². The van der Waals surface area contributed by atoms with Crippen molar-refractivity contribution in [2.45, 2.75) is 25.9 Å². The zero-order valence-electron chi connectivity index (χ0n) is 8.95. The Hall–Kier alpha value is -1.09. The molecule has 1 rings (SSSR count). The normalized spacial score (nSPS) is 12.5. The first-order valence-electron chi connectivity index (χ1n) is 5.18. The summed E-state index contributed by atoms with van der Waals surface area (Å²) in [5, 5.41) is 9.18. The Balaban J connectivity index is 2.42. The zero-order valence-corrected chi connectivity index (χ0v) is 8.95. The summed E-state index contributed by atoms with van der Waals surface area (Å²) in [5.74, 6) is 0.748. The number of ether oxygens (including phenoxy) is 1. The second-order valence-corrected chi connectivity index (χ2v) is 3.59. The smallest absolute Gasteiger partial charge is 0.119 e. The van der Waals surface area contributed by atoms with E-state index in [1.165, 1.54) is 0 Å². The number of benzene rings is 1. The molecule has 1 aromatic rings. The molecule has 1 N–H and O–H groups in total. The van der Waals surface area contributed by atoms with E-state index in [9.17, 15) is 9.50 Å². The van der Waals surface area contributed by atoms with Crippen LogP contribution in [0.4, 0.5) is 4.39 Å². The van der Waals surface area contributed by atoms with Crippen LogP contribution in [-0.4, -0.2) is 24.5 Å². The van der Waals surface area contributed by atoms with Crippen molar-refractivity contribution in [3.63, 3.8) is 0 Å². The SMILES string of the molecule is CC(O)Cc1ccc(OCCCF)cc1. The highest BCUT2D eigenvalue weighted by Gasteiger charge is 1.99. The molecule has 15 heavy (non-hydrogen) atoms. The van der Waals surface area contributed by atoms with Crippen molar-refractivity contribution >= 4 is 0 Å². The lowest BCUT2D eigenvalue weighted by atomic mass is 10.1. The van der Waals surface area contributed by atoms with E-state index in [0.29, 0.717) is 19.4 Å². The molecule has 0 heterocycles. The molecule has 1 atom stereocenters. The van der Waals surface area contributed by atoms with Crippen LogP contribution >= 0.6 is 0 Å². The minimum absolute atomic E-state index is 0.330. The quantitative estimate of drug-likeness (QED) is 0.733. The van der Waals surface area contributed by atoms with Crippen molar-refractivity contribution in [2.24, 2.45) is 0 Å². The van der Waals surface area contributed by atoms with Gasteiger partial charge in [-0.2, -0.15) is 0 Å². The second kappa shape index (κ2) is 6.40. The molecule has 1 unspecified atom stereocenters. The van der Waals surface area contributed by atoms with Crippen LogP contribution in [0.15, 0.2) is 24.3 Å². The van der Waals surface area contributed by atoms with Crippen molar-refractivity contribution in [1.82, 2.24) is 0 Å². The maximum atomic E-state index is 11.8. The van der Waals surface area contributed by atoms with Gasteiger partial charge in [-0.05, 0) is 31.0 Å². The average Bonchev–Trinajstić information content (AvgIpc) is 2.20. The zero-order chi connectivity index (χ0) is 11.1. The van der Waals surface area contributed by atoms with Crippen LogP contribution in [0, 0.1) is 0 Å². The Morgan fingerprint density at radius 1 is 1.33 bits per heavy atom. The molecule has 0 amide bonds. The maximum absolute atomic E-state index is 11.8. The van der Waals surface area contributed by atoms with Crippen LogP contribution < -0.4 is 4.74 Å². The Morgan fingerprint density at radius 2 is 2.00 bits per heavy atom. The lowest BCUT2D eigenvalue weighted by Crippen LogP contribution is -2.04. The third kappa shape index (κ3) is 4.79. The van der Waals surface area contributed by atoms with Gasteiger partial charge in [0, 0.05) is 6.42 Å². The lowest BCUT2D eigenvalue weighted by molar-refractivity contribution is 0.195. The van der Waals surface area contributed by atoms with Gasteiger partial charge in [0.15, 0.2) is 0 Å². The van der Waals surface area contributed by atoms with Crippen LogP contribution in [-0.2, 0) is 6.42 Å². The lowest BCUT2D eigenvalue weighted by Gasteiger charge is -2.07. The fourth-order valence-electron chi connectivity index (χ4n) is 1.31. The minimum Gasteiger partial charge on any atom is -0.494 e. The maximum Gasteiger partial charge on any atom is 0.119 e. The van der Waals surface area contributed by atoms with Gasteiger partial charge in [0.25, 0.3) is 0 Å². The third-order valence-corrected chi connectivity index (χ3v) is 2.00. The molecule has 2 nitrogen and oxygen atoms in total. The summed E-state index contributed by atoms with van der Waals surface area (Å²) in [7, 11) is 0. The van der Waals surface area contributed by atoms with Gasteiger partial charge in [0.1, 0.15) is 5.75 Å². The first kappa shape index (κ1) is 12.0. The van der Waals surface area contributed by atoms with Gasteiger partial charge >= 0.3 is 0 Å². The number of aliphatic hydroxyl groups excluding tert-OH is 1. The van der Waals surface area contributed by atoms with E-state index in [0.717, 1.165) is 11.3 Å². The van der Waals surface area contributed by atoms with Crippen molar-refractivity contribution < 1.29 is 14.2 Å². The summed E-state index contributed by atoms with van der Waals surface area (Å²) in [4.78, 5) is 0. The number of alkyl halides is 1. The summed E-state index contributed by atoms with van der Waals surface area (Å²) in [6, 6.07) is 7.51. The summed E-state index contributed by atoms with van der Waals surface area (Å²) in [6.07, 6.45) is 0.739. The highest BCUT2D eigenvalue weighted by atomic mass is 19.1. The largest absolute Gasteiger partial charge is 0.494 e. The van der Waals surface area contributed by atoms with Gasteiger partial charge in [-0.25, -0.2) is 0 Å². The first-order chi connectivity index (χ1) is 7.22. The average molecular weight is 212 g/mol. The molecule has 3 heteroatoms. The monoisotopic (exact) mass is 212 g/mol. The van der Waals surface area contributed by atoms with Crippen LogP contribution in [0.1, 0.15) is 18.9 Å². The third-order valence-electron chi connectivity index (χ3n) is 2.00. The molecule has 0 fully saturated rings. The van der Waals surface area contributed by atoms with Gasteiger partial charge in [-0.15, -0.1) is 0 Å². The molecule has 0 bridgehead atoms. The summed E-state index contributed by atoms with van der Waals surface area (Å²) >= 11 is 0. The Bertz CT molecular complexity index is 269. The molecule has 0 aliphatic carbocycles. The topological polar surface area (TPSA) is 29.5 Å². The van der Waals surface area contributed by atoms with Crippen LogP contribution in [0.5, 0.6) is 5.75 Å². The van der Waals surface area contributed by atoms with E-state index in [1.54, 1.807) is 6.92 Å². The molecule has 0 saturated carbocycles. The Morgan fingerprint density at radius 3 is 2.53 bits per heavy atom. The first-order valence-corrected chi connectivity index (χ1v) is 5.18. The minimum atomic E-state index is -0.347. The summed E-state index contributed by atoms with van der Waals surface area (Å²) in [6.45, 7) is 1.82. The molecule has 0 radical (unpaired) electrons. The van der Waals surface area contributed by atoms with Crippen LogP contribution in [0.3, 0.4) is 0 Å². The van der Waals surface area contributed by atoms with Gasteiger partial charge in [-0.1, -0.05) is 12.1 Å². The highest BCUT2D eigenvalue weighted by molar-refractivity contribution is 5.27. The predicted molar refractivity (Wildman–Crippen MR) is 57.9 cm³/mol. The molecule has 0 spiro atoms. The molecular formula is C12H17FO2. The van der Waals surface area contributed by atoms with E-state index in [1.807, 2.05) is 24.3 Å². The number of hydrogen-bond acceptors (Lipinski definition) is 2. The van der Waals surface area contributed by atoms with E-state index in [2.05, 4.69) is 0 Å². The van der Waals surface area contributed by atoms with Crippen LogP contribution in [0.25, 0.3) is 0 Å². The molecule has 84 valence electrons. The van der Waals surface area contributed by atoms with E-state index in [4.69, 9.17) is 4.74 Å². The second-order valence-electron chi connectivity index (χ2n) is 3.59. The van der Waals surface area contributed by atoms with Gasteiger partial charge in [-0.3, -0.25) is 4.39 Å². The standard InChI is InChI=1S/C12H17FO2/c1-10(14)9-11-3-5-12(6-4-11)15-8-2-7-13/h3-6,10,14H,2,7-9H2,1H3. The van der Waals surface area contributed by atoms with Crippen LogP contribution in [0.2, 0.25) is 0 Å². The van der Waals surface area contributed by atoms with Gasteiger partial charge < -0.3 is 9.84 Å². The Kier molecular flexibility index (Phi) is 5.12. The molecule has 0 saturated heterocycles. The number of aliphatic hydroxyl groups is 1. The molecule has 1 aromatic carbocycles. The van der Waals surface area contributed by atoms with Gasteiger partial charge in [0.2, 0.25) is 0 Å². The summed E-state index contributed by atoms with van der Waals surface area (Å²) in [5.41, 5.74) is 1.07. The van der Waals surface area contributed by atoms with Crippen molar-refractivity contribution in [3.05, 3.63) is 29.8 Å². The van der Waals surface area contributed by atoms with E-state index in [-0.39, 0.29) is 12.8 Å². The van der Waals surface area contributed by atoms with Crippen molar-refractivity contribution in [1.29, 1.82) is 0 Å². The fraction of sp³-hybridized carbons (Fsp3) is 0.500. The fourth-order valence-corrected chi connectivity index (χ4v) is 1.31. The predicted octanol–water partition coefficient (Wildman–Crippen LogP) is 2.35.